The quantitative estimate of drug-likeness (QED) is 0.415. The van der Waals surface area contributed by atoms with Gasteiger partial charge in [-0.2, -0.15) is 0 Å². The van der Waals surface area contributed by atoms with Crippen LogP contribution in [0.15, 0.2) is 0 Å². The Bertz CT molecular complexity index is 157. The summed E-state index contributed by atoms with van der Waals surface area (Å²) in [7, 11) is 0. The van der Waals surface area contributed by atoms with Crippen LogP contribution in [0.5, 0.6) is 0 Å². The number of carbonyl (C=O) groups is 1. The molecule has 0 radical (unpaired) electrons. The molecule has 0 aromatic carbocycles. The highest BCUT2D eigenvalue weighted by Gasteiger charge is 2.34. The van der Waals surface area contributed by atoms with E-state index in [1.807, 2.05) is 0 Å². The van der Waals surface area contributed by atoms with Crippen LogP contribution >= 0.6 is 0 Å². The van der Waals surface area contributed by atoms with Gasteiger partial charge in [0, 0.05) is 6.42 Å². The van der Waals surface area contributed by atoms with E-state index in [4.69, 9.17) is 15.3 Å². The van der Waals surface area contributed by atoms with E-state index < -0.39 is 30.9 Å². The Labute approximate surface area is 63.2 Å². The van der Waals surface area contributed by atoms with Crippen LogP contribution < -0.4 is 0 Å². The van der Waals surface area contributed by atoms with E-state index in [2.05, 4.69) is 4.74 Å². The first-order chi connectivity index (χ1) is 5.15. The summed E-state index contributed by atoms with van der Waals surface area (Å²) in [5, 5.41) is 26.4. The van der Waals surface area contributed by atoms with E-state index in [1.165, 1.54) is 0 Å². The normalized spacial score (nSPS) is 39.2. The predicted molar refractivity (Wildman–Crippen MR) is 33.6 cm³/mol. The van der Waals surface area contributed by atoms with Gasteiger partial charge >= 0.3 is 0 Å². The number of ether oxygens (including phenoxy) is 1. The van der Waals surface area contributed by atoms with Crippen molar-refractivity contribution in [1.29, 1.82) is 0 Å². The molecule has 1 heterocycles. The molecule has 1 aliphatic heterocycles. The van der Waals surface area contributed by atoms with Crippen molar-refractivity contribution >= 4 is 5.78 Å². The summed E-state index contributed by atoms with van der Waals surface area (Å²) in [6.07, 6.45) is -3.50. The second-order valence-electron chi connectivity index (χ2n) is 2.45. The van der Waals surface area contributed by atoms with E-state index in [0.717, 1.165) is 0 Å². The van der Waals surface area contributed by atoms with Gasteiger partial charge in [-0.25, -0.2) is 0 Å². The first-order valence-electron chi connectivity index (χ1n) is 3.30. The molecule has 0 aliphatic carbocycles. The van der Waals surface area contributed by atoms with Gasteiger partial charge in [-0.15, -0.1) is 0 Å². The lowest BCUT2D eigenvalue weighted by Crippen LogP contribution is -2.46. The van der Waals surface area contributed by atoms with Gasteiger partial charge in [0.15, 0.2) is 5.78 Å². The van der Waals surface area contributed by atoms with E-state index in [1.54, 1.807) is 0 Å². The molecule has 3 unspecified atom stereocenters. The maximum Gasteiger partial charge on any atom is 0.215 e. The molecular formula is C6H10O5. The second-order valence-corrected chi connectivity index (χ2v) is 2.45. The fraction of sp³-hybridized carbons (Fsp3) is 0.833. The van der Waals surface area contributed by atoms with Gasteiger partial charge in [0.25, 0.3) is 0 Å². The molecule has 64 valence electrons. The molecule has 3 N–H and O–H groups in total. The fourth-order valence-electron chi connectivity index (χ4n) is 0.935. The van der Waals surface area contributed by atoms with Gasteiger partial charge in [-0.1, -0.05) is 0 Å². The van der Waals surface area contributed by atoms with E-state index in [9.17, 15) is 4.79 Å². The number of Topliss-reactive ketones (excluding diaryl/α,β-unsaturated/α-hetero) is 1. The van der Waals surface area contributed by atoms with Crippen LogP contribution in [-0.2, 0) is 9.53 Å². The van der Waals surface area contributed by atoms with Crippen LogP contribution in [0.25, 0.3) is 0 Å². The Morgan fingerprint density at radius 3 is 2.73 bits per heavy atom. The molecular weight excluding hydrogens is 152 g/mol. The first kappa shape index (κ1) is 8.61. The lowest BCUT2D eigenvalue weighted by molar-refractivity contribution is -0.205. The maximum absolute atomic E-state index is 10.6. The molecule has 1 saturated heterocycles. The van der Waals surface area contributed by atoms with Crippen LogP contribution in [-0.4, -0.2) is 46.2 Å². The predicted octanol–water partition coefficient (Wildman–Crippen LogP) is -1.98. The minimum atomic E-state index is -1.49. The average Bonchev–Trinajstić information content (AvgIpc) is 1.97. The zero-order valence-corrected chi connectivity index (χ0v) is 5.80. The van der Waals surface area contributed by atoms with E-state index in [-0.39, 0.29) is 6.42 Å². The molecule has 5 heteroatoms. The SMILES string of the molecule is O=C1CC(O)C(CO)OC1O. The van der Waals surface area contributed by atoms with Crippen LogP contribution in [0.3, 0.4) is 0 Å². The zero-order valence-electron chi connectivity index (χ0n) is 5.80. The third-order valence-electron chi connectivity index (χ3n) is 1.60. The molecule has 1 rings (SSSR count). The number of hydrogen-bond donors (Lipinski definition) is 3. The van der Waals surface area contributed by atoms with Gasteiger partial charge in [0.05, 0.1) is 12.7 Å². The highest BCUT2D eigenvalue weighted by molar-refractivity contribution is 5.82. The molecule has 1 aliphatic rings. The Balaban J connectivity index is 2.54. The molecule has 11 heavy (non-hydrogen) atoms. The zero-order chi connectivity index (χ0) is 8.43. The second kappa shape index (κ2) is 3.27. The molecule has 0 aromatic heterocycles. The van der Waals surface area contributed by atoms with Crippen molar-refractivity contribution in [3.63, 3.8) is 0 Å². The molecule has 0 saturated carbocycles. The van der Waals surface area contributed by atoms with Gasteiger partial charge < -0.3 is 20.1 Å². The van der Waals surface area contributed by atoms with Crippen LogP contribution in [0.4, 0.5) is 0 Å². The van der Waals surface area contributed by atoms with Crippen molar-refractivity contribution in [2.24, 2.45) is 0 Å². The van der Waals surface area contributed by atoms with Crippen molar-refractivity contribution in [2.75, 3.05) is 6.61 Å². The summed E-state index contributed by atoms with van der Waals surface area (Å²) in [5.74, 6) is -0.554. The third-order valence-corrected chi connectivity index (χ3v) is 1.60. The Morgan fingerprint density at radius 1 is 1.55 bits per heavy atom. The summed E-state index contributed by atoms with van der Waals surface area (Å²) >= 11 is 0. The maximum atomic E-state index is 10.6. The highest BCUT2D eigenvalue weighted by atomic mass is 16.6. The summed E-state index contributed by atoms with van der Waals surface area (Å²) in [6, 6.07) is 0. The molecule has 0 amide bonds. The third kappa shape index (κ3) is 1.75. The lowest BCUT2D eigenvalue weighted by Gasteiger charge is -2.28. The van der Waals surface area contributed by atoms with Crippen LogP contribution in [0.1, 0.15) is 6.42 Å². The minimum Gasteiger partial charge on any atom is -0.394 e. The molecule has 0 bridgehead atoms. The van der Waals surface area contributed by atoms with Crippen molar-refractivity contribution in [2.45, 2.75) is 24.9 Å². The molecule has 3 atom stereocenters. The Morgan fingerprint density at radius 2 is 2.18 bits per heavy atom. The number of ketones is 1. The van der Waals surface area contributed by atoms with E-state index in [0.29, 0.717) is 0 Å². The standard InChI is InChI=1S/C6H10O5/c7-2-5-3(8)1-4(9)6(10)11-5/h3,5-8,10H,1-2H2. The number of aliphatic hydroxyl groups excluding tert-OH is 3. The molecule has 5 nitrogen and oxygen atoms in total. The highest BCUT2D eigenvalue weighted by Crippen LogP contribution is 2.14. The average molecular weight is 162 g/mol. The van der Waals surface area contributed by atoms with E-state index >= 15 is 0 Å². The summed E-state index contributed by atoms with van der Waals surface area (Å²) in [4.78, 5) is 10.6. The summed E-state index contributed by atoms with van der Waals surface area (Å²) in [6.45, 7) is -0.397. The minimum absolute atomic E-state index is 0.160. The largest absolute Gasteiger partial charge is 0.394 e. The van der Waals surface area contributed by atoms with Gasteiger partial charge in [-0.3, -0.25) is 4.79 Å². The first-order valence-corrected chi connectivity index (χ1v) is 3.30. The van der Waals surface area contributed by atoms with Gasteiger partial charge in [-0.05, 0) is 0 Å². The number of hydrogen-bond acceptors (Lipinski definition) is 5. The lowest BCUT2D eigenvalue weighted by atomic mass is 10.0. The van der Waals surface area contributed by atoms with Crippen molar-refractivity contribution in [1.82, 2.24) is 0 Å². The van der Waals surface area contributed by atoms with Gasteiger partial charge in [0.1, 0.15) is 6.10 Å². The fourth-order valence-corrected chi connectivity index (χ4v) is 0.935. The van der Waals surface area contributed by atoms with Crippen molar-refractivity contribution in [3.05, 3.63) is 0 Å². The van der Waals surface area contributed by atoms with Gasteiger partial charge in [0.2, 0.25) is 6.29 Å². The number of rotatable bonds is 1. The Kier molecular flexibility index (Phi) is 2.56. The number of carbonyl (C=O) groups excluding carboxylic acids is 1. The summed E-state index contributed by atoms with van der Waals surface area (Å²) < 4.78 is 4.57. The Hall–Kier alpha value is -0.490. The van der Waals surface area contributed by atoms with Crippen molar-refractivity contribution in [3.8, 4) is 0 Å². The van der Waals surface area contributed by atoms with Crippen LogP contribution in [0, 0.1) is 0 Å². The summed E-state index contributed by atoms with van der Waals surface area (Å²) in [5.41, 5.74) is 0. The van der Waals surface area contributed by atoms with Crippen LogP contribution in [0.2, 0.25) is 0 Å². The molecule has 0 aromatic rings. The molecule has 0 spiro atoms. The molecule has 1 fully saturated rings. The topological polar surface area (TPSA) is 87.0 Å². The monoisotopic (exact) mass is 162 g/mol. The number of aliphatic hydroxyl groups is 3. The van der Waals surface area contributed by atoms with Crippen molar-refractivity contribution < 1.29 is 24.9 Å². The smallest absolute Gasteiger partial charge is 0.215 e.